The third-order valence-electron chi connectivity index (χ3n) is 3.69. The van der Waals surface area contributed by atoms with E-state index < -0.39 is 17.8 Å². The van der Waals surface area contributed by atoms with Crippen LogP contribution >= 0.6 is 0 Å². The van der Waals surface area contributed by atoms with Gasteiger partial charge in [-0.05, 0) is 45.7 Å². The van der Waals surface area contributed by atoms with Crippen molar-refractivity contribution >= 4 is 0 Å². The molecule has 0 aromatic carbocycles. The van der Waals surface area contributed by atoms with Crippen molar-refractivity contribution < 1.29 is 17.6 Å². The highest BCUT2D eigenvalue weighted by Gasteiger charge is 2.60. The maximum atomic E-state index is 14.1. The molecule has 2 unspecified atom stereocenters. The Morgan fingerprint density at radius 2 is 1.94 bits per heavy atom. The topological polar surface area (TPSA) is 12.0 Å². The Balaban J connectivity index is 2.54. The molecule has 17 heavy (non-hydrogen) atoms. The molecule has 0 aliphatic heterocycles. The zero-order valence-electron chi connectivity index (χ0n) is 10.2. The molecule has 1 nitrogen and oxygen atoms in total. The molecular weight excluding hydrogens is 234 g/mol. The summed E-state index contributed by atoms with van der Waals surface area (Å²) in [5, 5.41) is 2.94. The van der Waals surface area contributed by atoms with E-state index >= 15 is 0 Å². The quantitative estimate of drug-likeness (QED) is 0.581. The maximum Gasteiger partial charge on any atom is 0.422 e. The summed E-state index contributed by atoms with van der Waals surface area (Å²) in [6.07, 6.45) is -1.81. The Kier molecular flexibility index (Phi) is 5.22. The van der Waals surface area contributed by atoms with Crippen molar-refractivity contribution in [2.45, 2.75) is 56.8 Å². The van der Waals surface area contributed by atoms with E-state index in [4.69, 9.17) is 0 Å². The third-order valence-corrected chi connectivity index (χ3v) is 3.69. The summed E-state index contributed by atoms with van der Waals surface area (Å²) in [4.78, 5) is 0. The number of hydrogen-bond acceptors (Lipinski definition) is 1. The molecule has 1 aliphatic rings. The lowest BCUT2D eigenvalue weighted by molar-refractivity contribution is -0.258. The number of rotatable bonds is 5. The van der Waals surface area contributed by atoms with Gasteiger partial charge >= 0.3 is 6.18 Å². The highest BCUT2D eigenvalue weighted by Crippen LogP contribution is 2.49. The molecule has 0 saturated heterocycles. The minimum absolute atomic E-state index is 0.345. The molecule has 1 N–H and O–H groups in total. The fourth-order valence-electron chi connectivity index (χ4n) is 2.64. The summed E-state index contributed by atoms with van der Waals surface area (Å²) in [6.45, 7) is 0.776. The zero-order valence-corrected chi connectivity index (χ0v) is 10.2. The fourth-order valence-corrected chi connectivity index (χ4v) is 2.64. The van der Waals surface area contributed by atoms with Gasteiger partial charge in [0.1, 0.15) is 0 Å². The van der Waals surface area contributed by atoms with Gasteiger partial charge in [-0.3, -0.25) is 0 Å². The SMILES string of the molecule is CNCCCCC1CCCCC1(F)C(F)(F)F. The van der Waals surface area contributed by atoms with Crippen LogP contribution in [0.5, 0.6) is 0 Å². The zero-order chi connectivity index (χ0) is 12.9. The Labute approximate surface area is 100.0 Å². The Bertz CT molecular complexity index is 229. The van der Waals surface area contributed by atoms with Crippen LogP contribution in [0.15, 0.2) is 0 Å². The van der Waals surface area contributed by atoms with Crippen molar-refractivity contribution in [3.05, 3.63) is 0 Å². The molecule has 5 heteroatoms. The van der Waals surface area contributed by atoms with Gasteiger partial charge in [0.15, 0.2) is 0 Å². The molecule has 0 aromatic heterocycles. The molecule has 1 rings (SSSR count). The smallest absolute Gasteiger partial charge is 0.320 e. The van der Waals surface area contributed by atoms with Crippen LogP contribution < -0.4 is 5.32 Å². The number of unbranched alkanes of at least 4 members (excludes halogenated alkanes) is 1. The molecule has 0 aromatic rings. The summed E-state index contributed by atoms with van der Waals surface area (Å²) in [5.74, 6) is -0.840. The van der Waals surface area contributed by atoms with E-state index in [1.165, 1.54) is 0 Å². The number of halogens is 4. The van der Waals surface area contributed by atoms with E-state index in [2.05, 4.69) is 5.32 Å². The summed E-state index contributed by atoms with van der Waals surface area (Å²) < 4.78 is 52.4. The van der Waals surface area contributed by atoms with Crippen LogP contribution in [-0.2, 0) is 0 Å². The molecule has 0 bridgehead atoms. The van der Waals surface area contributed by atoms with Gasteiger partial charge in [0.25, 0.3) is 0 Å². The van der Waals surface area contributed by atoms with Crippen LogP contribution in [0.2, 0.25) is 0 Å². The van der Waals surface area contributed by atoms with Crippen molar-refractivity contribution in [2.24, 2.45) is 5.92 Å². The van der Waals surface area contributed by atoms with E-state index in [-0.39, 0.29) is 6.42 Å². The van der Waals surface area contributed by atoms with E-state index in [1.54, 1.807) is 7.05 Å². The molecule has 1 aliphatic carbocycles. The van der Waals surface area contributed by atoms with Gasteiger partial charge in [0, 0.05) is 5.92 Å². The van der Waals surface area contributed by atoms with Gasteiger partial charge in [-0.15, -0.1) is 0 Å². The number of hydrogen-bond donors (Lipinski definition) is 1. The first-order valence-corrected chi connectivity index (χ1v) is 6.32. The first-order valence-electron chi connectivity index (χ1n) is 6.32. The van der Waals surface area contributed by atoms with Gasteiger partial charge in [-0.25, -0.2) is 4.39 Å². The van der Waals surface area contributed by atoms with Gasteiger partial charge < -0.3 is 5.32 Å². The van der Waals surface area contributed by atoms with Crippen molar-refractivity contribution in [1.82, 2.24) is 5.32 Å². The standard InChI is InChI=1S/C12H21F4N/c1-17-9-5-3-7-10-6-2-4-8-11(10,13)12(14,15)16/h10,17H,2-9H2,1H3. The molecule has 2 atom stereocenters. The molecule has 0 heterocycles. The highest BCUT2D eigenvalue weighted by molar-refractivity contribution is 4.96. The molecule has 102 valence electrons. The lowest BCUT2D eigenvalue weighted by Gasteiger charge is -2.39. The van der Waals surface area contributed by atoms with Crippen molar-refractivity contribution in [3.63, 3.8) is 0 Å². The van der Waals surface area contributed by atoms with Gasteiger partial charge in [0.05, 0.1) is 0 Å². The minimum Gasteiger partial charge on any atom is -0.320 e. The van der Waals surface area contributed by atoms with Gasteiger partial charge in [-0.2, -0.15) is 13.2 Å². The number of nitrogens with one attached hydrogen (secondary N) is 1. The minimum atomic E-state index is -4.71. The predicted molar refractivity (Wildman–Crippen MR) is 59.6 cm³/mol. The molecule has 0 radical (unpaired) electrons. The van der Waals surface area contributed by atoms with E-state index in [9.17, 15) is 17.6 Å². The van der Waals surface area contributed by atoms with Crippen LogP contribution in [0.25, 0.3) is 0 Å². The van der Waals surface area contributed by atoms with E-state index in [1.807, 2.05) is 0 Å². The normalized spacial score (nSPS) is 30.5. The monoisotopic (exact) mass is 255 g/mol. The second-order valence-corrected chi connectivity index (χ2v) is 4.90. The van der Waals surface area contributed by atoms with Crippen LogP contribution in [0, 0.1) is 5.92 Å². The summed E-state index contributed by atoms with van der Waals surface area (Å²) in [7, 11) is 1.80. The largest absolute Gasteiger partial charge is 0.422 e. The Morgan fingerprint density at radius 3 is 2.53 bits per heavy atom. The van der Waals surface area contributed by atoms with Crippen LogP contribution in [0.3, 0.4) is 0 Å². The highest BCUT2D eigenvalue weighted by atomic mass is 19.4. The lowest BCUT2D eigenvalue weighted by atomic mass is 9.74. The molecule has 0 spiro atoms. The van der Waals surface area contributed by atoms with Gasteiger partial charge in [-0.1, -0.05) is 12.8 Å². The second kappa shape index (κ2) is 6.03. The predicted octanol–water partition coefficient (Wildman–Crippen LogP) is 3.84. The Hall–Kier alpha value is -0.320. The first-order chi connectivity index (χ1) is 7.92. The van der Waals surface area contributed by atoms with Crippen molar-refractivity contribution in [3.8, 4) is 0 Å². The average Bonchev–Trinajstić information content (AvgIpc) is 2.25. The average molecular weight is 255 g/mol. The lowest BCUT2D eigenvalue weighted by Crippen LogP contribution is -2.49. The molecule has 1 fully saturated rings. The van der Waals surface area contributed by atoms with Gasteiger partial charge in [0.2, 0.25) is 5.67 Å². The van der Waals surface area contributed by atoms with E-state index in [0.29, 0.717) is 25.7 Å². The third kappa shape index (κ3) is 3.57. The maximum absolute atomic E-state index is 14.1. The number of alkyl halides is 4. The van der Waals surface area contributed by atoms with Crippen LogP contribution in [0.1, 0.15) is 44.9 Å². The molecule has 1 saturated carbocycles. The molecule has 0 amide bonds. The van der Waals surface area contributed by atoms with Crippen molar-refractivity contribution in [2.75, 3.05) is 13.6 Å². The summed E-state index contributed by atoms with van der Waals surface area (Å²) in [6, 6.07) is 0. The summed E-state index contributed by atoms with van der Waals surface area (Å²) >= 11 is 0. The Morgan fingerprint density at radius 1 is 1.24 bits per heavy atom. The van der Waals surface area contributed by atoms with E-state index in [0.717, 1.165) is 19.4 Å². The van der Waals surface area contributed by atoms with Crippen molar-refractivity contribution in [1.29, 1.82) is 0 Å². The molecular formula is C12H21F4N. The summed E-state index contributed by atoms with van der Waals surface area (Å²) in [5.41, 5.74) is -2.94. The van der Waals surface area contributed by atoms with Crippen LogP contribution in [0.4, 0.5) is 17.6 Å². The van der Waals surface area contributed by atoms with Crippen LogP contribution in [-0.4, -0.2) is 25.4 Å². The second-order valence-electron chi connectivity index (χ2n) is 4.90. The fraction of sp³-hybridized carbons (Fsp3) is 1.00. The first kappa shape index (κ1) is 14.7.